The Morgan fingerprint density at radius 2 is 2.06 bits per heavy atom. The highest BCUT2D eigenvalue weighted by Gasteiger charge is 2.25. The summed E-state index contributed by atoms with van der Waals surface area (Å²) in [6, 6.07) is 18.5. The van der Waals surface area contributed by atoms with Gasteiger partial charge in [0.2, 0.25) is 5.91 Å². The summed E-state index contributed by atoms with van der Waals surface area (Å²) in [5.41, 5.74) is 5.08. The van der Waals surface area contributed by atoms with Gasteiger partial charge in [0.05, 0.1) is 10.8 Å². The molecule has 0 saturated carbocycles. The van der Waals surface area contributed by atoms with Crippen LogP contribution < -0.4 is 5.32 Å². The standard InChI is InChI=1S/C25H24N4OS/c1-16-10-11-27-23(12-16)29-24(30)17(2)31-25-21(15-26)14-20-13-19(8-9-22(20)28-25)18-6-4-3-5-7-18/h3-7,10-12,14,17,19H,8-9,13H2,1-2H3,(H,27,29,30). The Bertz CT molecular complexity index is 1140. The van der Waals surface area contributed by atoms with Crippen LogP contribution in [0.5, 0.6) is 0 Å². The SMILES string of the molecule is Cc1ccnc(NC(=O)C(C)Sc2nc3c(cc2C#N)CC(c2ccccc2)CC3)c1. The summed E-state index contributed by atoms with van der Waals surface area (Å²) in [5.74, 6) is 0.825. The van der Waals surface area contributed by atoms with E-state index in [1.807, 2.05) is 38.1 Å². The average Bonchev–Trinajstić information content (AvgIpc) is 2.78. The Labute approximate surface area is 186 Å². The van der Waals surface area contributed by atoms with E-state index in [0.717, 1.165) is 36.1 Å². The molecule has 2 unspecified atom stereocenters. The minimum atomic E-state index is -0.402. The Morgan fingerprint density at radius 1 is 1.26 bits per heavy atom. The predicted molar refractivity (Wildman–Crippen MR) is 123 cm³/mol. The number of pyridine rings is 2. The molecule has 0 saturated heterocycles. The minimum Gasteiger partial charge on any atom is -0.310 e. The summed E-state index contributed by atoms with van der Waals surface area (Å²) in [6.07, 6.45) is 4.47. The van der Waals surface area contributed by atoms with E-state index in [1.165, 1.54) is 17.3 Å². The number of fused-ring (bicyclic) bond motifs is 1. The van der Waals surface area contributed by atoms with Crippen LogP contribution in [0.2, 0.25) is 0 Å². The van der Waals surface area contributed by atoms with Crippen molar-refractivity contribution < 1.29 is 4.79 Å². The van der Waals surface area contributed by atoms with Crippen LogP contribution in [0.15, 0.2) is 59.8 Å². The number of rotatable bonds is 5. The number of hydrogen-bond donors (Lipinski definition) is 1. The molecule has 4 rings (SSSR count). The third-order valence-corrected chi connectivity index (χ3v) is 6.67. The van der Waals surface area contributed by atoms with Gasteiger partial charge in [-0.1, -0.05) is 42.1 Å². The molecule has 1 N–H and O–H groups in total. The summed E-state index contributed by atoms with van der Waals surface area (Å²) >= 11 is 1.32. The molecule has 1 aliphatic rings. The van der Waals surface area contributed by atoms with Crippen LogP contribution in [0.4, 0.5) is 5.82 Å². The molecule has 1 amide bonds. The second kappa shape index (κ2) is 9.32. The van der Waals surface area contributed by atoms with Crippen molar-refractivity contribution in [3.05, 3.63) is 82.7 Å². The number of nitrogens with one attached hydrogen (secondary N) is 1. The highest BCUT2D eigenvalue weighted by molar-refractivity contribution is 8.00. The quantitative estimate of drug-likeness (QED) is 0.576. The molecule has 1 aliphatic carbocycles. The molecule has 156 valence electrons. The van der Waals surface area contributed by atoms with Gasteiger partial charge in [-0.05, 0) is 73.9 Å². The summed E-state index contributed by atoms with van der Waals surface area (Å²) in [7, 11) is 0. The molecule has 31 heavy (non-hydrogen) atoms. The maximum atomic E-state index is 12.6. The van der Waals surface area contributed by atoms with Crippen molar-refractivity contribution in [2.24, 2.45) is 0 Å². The molecule has 2 heterocycles. The van der Waals surface area contributed by atoms with Gasteiger partial charge in [0.15, 0.2) is 0 Å². The van der Waals surface area contributed by atoms with Crippen LogP contribution in [0.25, 0.3) is 0 Å². The van der Waals surface area contributed by atoms with Crippen molar-refractivity contribution in [2.75, 3.05) is 5.32 Å². The number of anilines is 1. The lowest BCUT2D eigenvalue weighted by Gasteiger charge is -2.25. The van der Waals surface area contributed by atoms with Crippen LogP contribution in [-0.4, -0.2) is 21.1 Å². The van der Waals surface area contributed by atoms with E-state index in [4.69, 9.17) is 4.98 Å². The van der Waals surface area contributed by atoms with Gasteiger partial charge in [0, 0.05) is 11.9 Å². The van der Waals surface area contributed by atoms with E-state index in [-0.39, 0.29) is 5.91 Å². The zero-order valence-corrected chi connectivity index (χ0v) is 18.4. The number of hydrogen-bond acceptors (Lipinski definition) is 5. The molecule has 0 bridgehead atoms. The van der Waals surface area contributed by atoms with Gasteiger partial charge in [-0.2, -0.15) is 5.26 Å². The zero-order chi connectivity index (χ0) is 21.8. The van der Waals surface area contributed by atoms with Crippen molar-refractivity contribution in [2.45, 2.75) is 49.3 Å². The second-order valence-corrected chi connectivity index (χ2v) is 9.21. The molecule has 1 aromatic carbocycles. The second-order valence-electron chi connectivity index (χ2n) is 7.88. The molecule has 2 atom stereocenters. The van der Waals surface area contributed by atoms with E-state index in [9.17, 15) is 10.1 Å². The van der Waals surface area contributed by atoms with Crippen molar-refractivity contribution in [1.82, 2.24) is 9.97 Å². The van der Waals surface area contributed by atoms with Crippen LogP contribution in [0.3, 0.4) is 0 Å². The fourth-order valence-corrected chi connectivity index (χ4v) is 4.77. The summed E-state index contributed by atoms with van der Waals surface area (Å²) in [4.78, 5) is 21.6. The average molecular weight is 429 g/mol. The van der Waals surface area contributed by atoms with Crippen molar-refractivity contribution in [3.8, 4) is 6.07 Å². The number of thioether (sulfide) groups is 1. The van der Waals surface area contributed by atoms with Gasteiger partial charge >= 0.3 is 0 Å². The first-order valence-corrected chi connectivity index (χ1v) is 11.3. The fraction of sp³-hybridized carbons (Fsp3) is 0.280. The number of amides is 1. The monoisotopic (exact) mass is 428 g/mol. The van der Waals surface area contributed by atoms with E-state index >= 15 is 0 Å². The Kier molecular flexibility index (Phi) is 6.34. The maximum Gasteiger partial charge on any atom is 0.238 e. The lowest BCUT2D eigenvalue weighted by molar-refractivity contribution is -0.115. The molecular formula is C25H24N4OS. The third-order valence-electron chi connectivity index (χ3n) is 5.57. The smallest absolute Gasteiger partial charge is 0.238 e. The molecule has 0 fully saturated rings. The number of carbonyl (C=O) groups is 1. The zero-order valence-electron chi connectivity index (χ0n) is 17.6. The van der Waals surface area contributed by atoms with E-state index in [2.05, 4.69) is 40.6 Å². The number of nitriles is 1. The van der Waals surface area contributed by atoms with E-state index < -0.39 is 5.25 Å². The number of aryl methyl sites for hydroxylation is 2. The Balaban J connectivity index is 1.49. The Morgan fingerprint density at radius 3 is 2.81 bits per heavy atom. The highest BCUT2D eigenvalue weighted by atomic mass is 32.2. The van der Waals surface area contributed by atoms with Gasteiger partial charge in [0.25, 0.3) is 0 Å². The number of benzene rings is 1. The van der Waals surface area contributed by atoms with Gasteiger partial charge < -0.3 is 5.32 Å². The lowest BCUT2D eigenvalue weighted by Crippen LogP contribution is -2.23. The van der Waals surface area contributed by atoms with E-state index in [1.54, 1.807) is 6.20 Å². The molecule has 2 aromatic heterocycles. The Hall–Kier alpha value is -3.17. The normalized spacial score (nSPS) is 16.1. The third kappa shape index (κ3) is 4.95. The van der Waals surface area contributed by atoms with Crippen molar-refractivity contribution in [3.63, 3.8) is 0 Å². The van der Waals surface area contributed by atoms with Crippen LogP contribution in [-0.2, 0) is 17.6 Å². The lowest BCUT2D eigenvalue weighted by atomic mass is 9.82. The molecular weight excluding hydrogens is 404 g/mol. The maximum absolute atomic E-state index is 12.6. The molecule has 6 heteroatoms. The van der Waals surface area contributed by atoms with Gasteiger partial charge in [0.1, 0.15) is 16.9 Å². The highest BCUT2D eigenvalue weighted by Crippen LogP contribution is 2.35. The number of carbonyl (C=O) groups excluding carboxylic acids is 1. The van der Waals surface area contributed by atoms with Gasteiger partial charge in [-0.25, -0.2) is 9.97 Å². The predicted octanol–water partition coefficient (Wildman–Crippen LogP) is 5.05. The fourth-order valence-electron chi connectivity index (χ4n) is 3.88. The van der Waals surface area contributed by atoms with Gasteiger partial charge in [-0.15, -0.1) is 0 Å². The molecule has 0 aliphatic heterocycles. The topological polar surface area (TPSA) is 78.7 Å². The van der Waals surface area contributed by atoms with Crippen LogP contribution >= 0.6 is 11.8 Å². The molecule has 5 nitrogen and oxygen atoms in total. The number of nitrogens with zero attached hydrogens (tertiary/aromatic N) is 3. The molecule has 0 spiro atoms. The first kappa shape index (κ1) is 21.1. The largest absolute Gasteiger partial charge is 0.310 e. The van der Waals surface area contributed by atoms with Crippen LogP contribution in [0.1, 0.15) is 47.2 Å². The van der Waals surface area contributed by atoms with Crippen molar-refractivity contribution in [1.29, 1.82) is 5.26 Å². The summed E-state index contributed by atoms with van der Waals surface area (Å²) < 4.78 is 0. The molecule has 3 aromatic rings. The minimum absolute atomic E-state index is 0.157. The van der Waals surface area contributed by atoms with E-state index in [0.29, 0.717) is 22.3 Å². The van der Waals surface area contributed by atoms with Gasteiger partial charge in [-0.3, -0.25) is 4.79 Å². The number of aromatic nitrogens is 2. The van der Waals surface area contributed by atoms with Crippen molar-refractivity contribution >= 4 is 23.5 Å². The van der Waals surface area contributed by atoms with Crippen LogP contribution in [0, 0.1) is 18.3 Å². The molecule has 0 radical (unpaired) electrons. The first-order valence-electron chi connectivity index (χ1n) is 10.4. The summed E-state index contributed by atoms with van der Waals surface area (Å²) in [6.45, 7) is 3.78. The summed E-state index contributed by atoms with van der Waals surface area (Å²) in [5, 5.41) is 12.8. The first-order chi connectivity index (χ1) is 15.0.